The van der Waals surface area contributed by atoms with Crippen LogP contribution in [0.1, 0.15) is 62.5 Å². The molecule has 3 amide bonds. The molecule has 0 saturated heterocycles. The van der Waals surface area contributed by atoms with Crippen LogP contribution in [0.4, 0.5) is 5.13 Å². The van der Waals surface area contributed by atoms with Crippen molar-refractivity contribution in [1.82, 2.24) is 9.88 Å². The molecule has 6 nitrogen and oxygen atoms in total. The smallest absolute Gasteiger partial charge is 0.261 e. The number of carbonyl (C=O) groups is 3. The predicted molar refractivity (Wildman–Crippen MR) is 117 cm³/mol. The highest BCUT2D eigenvalue weighted by Crippen LogP contribution is 2.32. The van der Waals surface area contributed by atoms with Crippen LogP contribution in [-0.2, 0) is 17.6 Å². The highest BCUT2D eigenvalue weighted by molar-refractivity contribution is 7.16. The third-order valence-corrected chi connectivity index (χ3v) is 6.76. The van der Waals surface area contributed by atoms with Crippen LogP contribution in [0, 0.1) is 6.92 Å². The number of hydrogen-bond acceptors (Lipinski definition) is 5. The average molecular weight is 424 g/mol. The number of anilines is 1. The first-order valence-electron chi connectivity index (χ1n) is 10.4. The Bertz CT molecular complexity index is 1000. The van der Waals surface area contributed by atoms with Crippen LogP contribution >= 0.6 is 11.3 Å². The SMILES string of the molecule is C=CCN(C(=O)CCCN1C(=O)c2ccc(C)cc2C1=O)c1nc2c(s1)CCCC2. The Hall–Kier alpha value is -2.80. The van der Waals surface area contributed by atoms with Crippen LogP contribution in [0.5, 0.6) is 0 Å². The number of aryl methyl sites for hydroxylation is 3. The van der Waals surface area contributed by atoms with Crippen molar-refractivity contribution in [3.63, 3.8) is 0 Å². The summed E-state index contributed by atoms with van der Waals surface area (Å²) >= 11 is 1.59. The quantitative estimate of drug-likeness (QED) is 0.500. The van der Waals surface area contributed by atoms with Crippen molar-refractivity contribution in [1.29, 1.82) is 0 Å². The van der Waals surface area contributed by atoms with E-state index in [4.69, 9.17) is 4.98 Å². The lowest BCUT2D eigenvalue weighted by Crippen LogP contribution is -2.34. The number of amides is 3. The number of fused-ring (bicyclic) bond motifs is 2. The number of benzene rings is 1. The molecule has 2 aromatic rings. The summed E-state index contributed by atoms with van der Waals surface area (Å²) in [7, 11) is 0. The van der Waals surface area contributed by atoms with Gasteiger partial charge in [0.15, 0.2) is 5.13 Å². The van der Waals surface area contributed by atoms with Crippen molar-refractivity contribution >= 4 is 34.2 Å². The lowest BCUT2D eigenvalue weighted by Gasteiger charge is -2.19. The predicted octanol–water partition coefficient (Wildman–Crippen LogP) is 3.93. The van der Waals surface area contributed by atoms with Gasteiger partial charge in [0.05, 0.1) is 16.8 Å². The lowest BCUT2D eigenvalue weighted by molar-refractivity contribution is -0.118. The Balaban J connectivity index is 1.40. The molecule has 1 aromatic heterocycles. The van der Waals surface area contributed by atoms with Gasteiger partial charge in [0.1, 0.15) is 0 Å². The van der Waals surface area contributed by atoms with E-state index in [-0.39, 0.29) is 30.7 Å². The van der Waals surface area contributed by atoms with Gasteiger partial charge in [-0.1, -0.05) is 17.7 Å². The fourth-order valence-corrected chi connectivity index (χ4v) is 5.18. The van der Waals surface area contributed by atoms with E-state index in [0.29, 0.717) is 24.1 Å². The maximum absolute atomic E-state index is 12.9. The minimum atomic E-state index is -0.280. The van der Waals surface area contributed by atoms with E-state index in [1.165, 1.54) is 16.2 Å². The van der Waals surface area contributed by atoms with Gasteiger partial charge in [0.2, 0.25) is 5.91 Å². The molecule has 0 bridgehead atoms. The minimum Gasteiger partial charge on any atom is -0.284 e. The Morgan fingerprint density at radius 1 is 1.23 bits per heavy atom. The molecule has 7 heteroatoms. The number of rotatable bonds is 7. The van der Waals surface area contributed by atoms with Gasteiger partial charge in [0.25, 0.3) is 11.8 Å². The molecule has 30 heavy (non-hydrogen) atoms. The van der Waals surface area contributed by atoms with Crippen molar-refractivity contribution in [3.8, 4) is 0 Å². The van der Waals surface area contributed by atoms with Crippen molar-refractivity contribution in [3.05, 3.63) is 58.1 Å². The van der Waals surface area contributed by atoms with E-state index in [1.54, 1.807) is 34.4 Å². The largest absolute Gasteiger partial charge is 0.284 e. The summed E-state index contributed by atoms with van der Waals surface area (Å²) in [4.78, 5) is 46.9. The Morgan fingerprint density at radius 2 is 2.00 bits per heavy atom. The van der Waals surface area contributed by atoms with Gasteiger partial charge in [-0.3, -0.25) is 24.2 Å². The number of thiazole rings is 1. The number of aromatic nitrogens is 1. The highest BCUT2D eigenvalue weighted by atomic mass is 32.1. The van der Waals surface area contributed by atoms with E-state index >= 15 is 0 Å². The molecular formula is C23H25N3O3S. The molecular weight excluding hydrogens is 398 g/mol. The zero-order chi connectivity index (χ0) is 21.3. The number of hydrogen-bond donors (Lipinski definition) is 0. The maximum atomic E-state index is 12.9. The number of nitrogens with zero attached hydrogens (tertiary/aromatic N) is 3. The van der Waals surface area contributed by atoms with Crippen LogP contribution in [0.25, 0.3) is 0 Å². The topological polar surface area (TPSA) is 70.6 Å². The molecule has 4 rings (SSSR count). The Labute approximate surface area is 180 Å². The van der Waals surface area contributed by atoms with Crippen LogP contribution in [-0.4, -0.2) is 40.7 Å². The fraction of sp³-hybridized carbons (Fsp3) is 0.391. The highest BCUT2D eigenvalue weighted by Gasteiger charge is 2.35. The third-order valence-electron chi connectivity index (χ3n) is 5.58. The first-order valence-corrected chi connectivity index (χ1v) is 11.2. The molecule has 0 fully saturated rings. The second kappa shape index (κ2) is 8.52. The summed E-state index contributed by atoms with van der Waals surface area (Å²) in [5.41, 5.74) is 2.95. The second-order valence-electron chi connectivity index (χ2n) is 7.78. The molecule has 0 radical (unpaired) electrons. The molecule has 156 valence electrons. The molecule has 0 N–H and O–H groups in total. The zero-order valence-corrected chi connectivity index (χ0v) is 18.0. The van der Waals surface area contributed by atoms with E-state index < -0.39 is 0 Å². The summed E-state index contributed by atoms with van der Waals surface area (Å²) in [5.74, 6) is -0.617. The summed E-state index contributed by atoms with van der Waals surface area (Å²) in [6, 6.07) is 5.28. The van der Waals surface area contributed by atoms with Crippen molar-refractivity contribution in [2.45, 2.75) is 45.4 Å². The molecule has 1 aromatic carbocycles. The summed E-state index contributed by atoms with van der Waals surface area (Å²) < 4.78 is 0. The van der Waals surface area contributed by atoms with Crippen LogP contribution in [0.2, 0.25) is 0 Å². The van der Waals surface area contributed by atoms with Gasteiger partial charge in [-0.15, -0.1) is 17.9 Å². The first kappa shape index (κ1) is 20.5. The van der Waals surface area contributed by atoms with Crippen molar-refractivity contribution in [2.75, 3.05) is 18.0 Å². The molecule has 2 aliphatic rings. The molecule has 2 heterocycles. The van der Waals surface area contributed by atoms with Gasteiger partial charge in [-0.25, -0.2) is 4.98 Å². The average Bonchev–Trinajstić information content (AvgIpc) is 3.26. The first-order chi connectivity index (χ1) is 14.5. The molecule has 0 spiro atoms. The van der Waals surface area contributed by atoms with Gasteiger partial charge >= 0.3 is 0 Å². The van der Waals surface area contributed by atoms with Gasteiger partial charge in [-0.2, -0.15) is 0 Å². The van der Waals surface area contributed by atoms with Crippen LogP contribution < -0.4 is 4.90 Å². The molecule has 0 atom stereocenters. The monoisotopic (exact) mass is 423 g/mol. The fourth-order valence-electron chi connectivity index (χ4n) is 4.00. The standard InChI is InChI=1S/C23H25N3O3S/c1-3-12-25(23-24-18-7-4-5-8-19(18)30-23)20(27)9-6-13-26-21(28)16-11-10-15(2)14-17(16)22(26)29/h3,10-11,14H,1,4-9,12-13H2,2H3. The number of imide groups is 1. The summed E-state index contributed by atoms with van der Waals surface area (Å²) in [6.45, 7) is 6.29. The maximum Gasteiger partial charge on any atom is 0.261 e. The van der Waals surface area contributed by atoms with Crippen LogP contribution in [0.3, 0.4) is 0 Å². The van der Waals surface area contributed by atoms with E-state index in [1.807, 2.05) is 13.0 Å². The van der Waals surface area contributed by atoms with E-state index in [0.717, 1.165) is 35.7 Å². The third kappa shape index (κ3) is 3.81. The van der Waals surface area contributed by atoms with Gasteiger partial charge in [0, 0.05) is 24.4 Å². The normalized spacial score (nSPS) is 15.2. The van der Waals surface area contributed by atoms with Crippen molar-refractivity contribution in [2.24, 2.45) is 0 Å². The lowest BCUT2D eigenvalue weighted by atomic mass is 10.0. The molecule has 1 aliphatic heterocycles. The Kier molecular flexibility index (Phi) is 5.81. The van der Waals surface area contributed by atoms with Gasteiger partial charge in [-0.05, 0) is 51.2 Å². The van der Waals surface area contributed by atoms with Gasteiger partial charge < -0.3 is 0 Å². The molecule has 0 unspecified atom stereocenters. The van der Waals surface area contributed by atoms with E-state index in [9.17, 15) is 14.4 Å². The second-order valence-corrected chi connectivity index (χ2v) is 8.84. The van der Waals surface area contributed by atoms with E-state index in [2.05, 4.69) is 6.58 Å². The number of carbonyl (C=O) groups excluding carboxylic acids is 3. The Morgan fingerprint density at radius 3 is 2.77 bits per heavy atom. The summed E-state index contributed by atoms with van der Waals surface area (Å²) in [6.07, 6.45) is 6.68. The minimum absolute atomic E-state index is 0.0616. The van der Waals surface area contributed by atoms with Crippen molar-refractivity contribution < 1.29 is 14.4 Å². The van der Waals surface area contributed by atoms with Crippen LogP contribution in [0.15, 0.2) is 30.9 Å². The molecule has 1 aliphatic carbocycles. The zero-order valence-electron chi connectivity index (χ0n) is 17.1. The summed E-state index contributed by atoms with van der Waals surface area (Å²) in [5, 5.41) is 0.725. The molecule has 0 saturated carbocycles.